The standard InChI is InChI=1S/C16H25NO2/c1-12-4-5-15(13(2)10-12)16(3,19)17-8-6-14(11-18)7-9-17/h4-5,10,14,18-19H,6-9,11H2,1-3H3. The van der Waals surface area contributed by atoms with Crippen molar-refractivity contribution in [3.63, 3.8) is 0 Å². The minimum Gasteiger partial charge on any atom is -0.396 e. The monoisotopic (exact) mass is 263 g/mol. The molecule has 0 aliphatic carbocycles. The van der Waals surface area contributed by atoms with Crippen molar-refractivity contribution < 1.29 is 10.2 Å². The van der Waals surface area contributed by atoms with E-state index in [0.29, 0.717) is 5.92 Å². The third kappa shape index (κ3) is 2.99. The van der Waals surface area contributed by atoms with Crippen LogP contribution in [0.2, 0.25) is 0 Å². The first-order chi connectivity index (χ1) is 8.95. The number of hydrogen-bond donors (Lipinski definition) is 2. The van der Waals surface area contributed by atoms with Crippen LogP contribution in [0.4, 0.5) is 0 Å². The van der Waals surface area contributed by atoms with Gasteiger partial charge in [-0.1, -0.05) is 23.8 Å². The molecule has 1 aliphatic rings. The molecule has 1 saturated heterocycles. The highest BCUT2D eigenvalue weighted by molar-refractivity contribution is 5.34. The van der Waals surface area contributed by atoms with Crippen molar-refractivity contribution in [2.45, 2.75) is 39.3 Å². The van der Waals surface area contributed by atoms with Gasteiger partial charge in [-0.2, -0.15) is 0 Å². The maximum atomic E-state index is 10.9. The maximum absolute atomic E-state index is 10.9. The third-order valence-corrected chi connectivity index (χ3v) is 4.38. The van der Waals surface area contributed by atoms with Gasteiger partial charge in [-0.3, -0.25) is 4.90 Å². The summed E-state index contributed by atoms with van der Waals surface area (Å²) in [5.41, 5.74) is 2.42. The molecule has 0 amide bonds. The van der Waals surface area contributed by atoms with Crippen LogP contribution in [0, 0.1) is 19.8 Å². The highest BCUT2D eigenvalue weighted by atomic mass is 16.3. The lowest BCUT2D eigenvalue weighted by Crippen LogP contribution is -2.48. The molecule has 2 rings (SSSR count). The first-order valence-corrected chi connectivity index (χ1v) is 7.11. The number of piperidine rings is 1. The molecule has 1 fully saturated rings. The highest BCUT2D eigenvalue weighted by Crippen LogP contribution is 2.32. The molecule has 0 aromatic heterocycles. The molecule has 1 aromatic rings. The minimum absolute atomic E-state index is 0.263. The summed E-state index contributed by atoms with van der Waals surface area (Å²) in [5, 5.41) is 20.1. The molecule has 1 aromatic carbocycles. The van der Waals surface area contributed by atoms with E-state index < -0.39 is 5.72 Å². The molecule has 3 heteroatoms. The van der Waals surface area contributed by atoms with Crippen LogP contribution in [-0.2, 0) is 5.72 Å². The van der Waals surface area contributed by atoms with Crippen molar-refractivity contribution in [2.75, 3.05) is 19.7 Å². The third-order valence-electron chi connectivity index (χ3n) is 4.38. The Labute approximate surface area is 115 Å². The average Bonchev–Trinajstić information content (AvgIpc) is 2.38. The molecule has 0 bridgehead atoms. The van der Waals surface area contributed by atoms with E-state index >= 15 is 0 Å². The minimum atomic E-state index is -0.918. The molecule has 1 atom stereocenters. The Bertz CT molecular complexity index is 434. The van der Waals surface area contributed by atoms with Crippen LogP contribution in [0.5, 0.6) is 0 Å². The van der Waals surface area contributed by atoms with Crippen LogP contribution in [0.3, 0.4) is 0 Å². The number of aliphatic hydroxyl groups is 2. The fourth-order valence-electron chi connectivity index (χ4n) is 3.07. The maximum Gasteiger partial charge on any atom is 0.142 e. The first kappa shape index (κ1) is 14.5. The van der Waals surface area contributed by atoms with E-state index in [9.17, 15) is 10.2 Å². The van der Waals surface area contributed by atoms with Gasteiger partial charge in [0.25, 0.3) is 0 Å². The number of hydrogen-bond acceptors (Lipinski definition) is 3. The Balaban J connectivity index is 2.18. The molecule has 3 nitrogen and oxygen atoms in total. The Morgan fingerprint density at radius 1 is 1.26 bits per heavy atom. The molecule has 1 aliphatic heterocycles. The molecular weight excluding hydrogens is 238 g/mol. The predicted molar refractivity (Wildman–Crippen MR) is 76.9 cm³/mol. The fourth-order valence-corrected chi connectivity index (χ4v) is 3.07. The molecule has 2 N–H and O–H groups in total. The van der Waals surface area contributed by atoms with Crippen molar-refractivity contribution >= 4 is 0 Å². The summed E-state index contributed by atoms with van der Waals surface area (Å²) in [5.74, 6) is 0.395. The summed E-state index contributed by atoms with van der Waals surface area (Å²) in [6.45, 7) is 7.94. The lowest BCUT2D eigenvalue weighted by Gasteiger charge is -2.42. The summed E-state index contributed by atoms with van der Waals surface area (Å²) >= 11 is 0. The topological polar surface area (TPSA) is 43.7 Å². The van der Waals surface area contributed by atoms with Gasteiger partial charge < -0.3 is 10.2 Å². The van der Waals surface area contributed by atoms with Crippen molar-refractivity contribution in [1.82, 2.24) is 4.90 Å². The second-order valence-corrected chi connectivity index (χ2v) is 5.95. The molecule has 1 unspecified atom stereocenters. The Morgan fingerprint density at radius 3 is 2.42 bits per heavy atom. The zero-order valence-corrected chi connectivity index (χ0v) is 12.2. The van der Waals surface area contributed by atoms with E-state index in [1.165, 1.54) is 5.56 Å². The van der Waals surface area contributed by atoms with E-state index in [0.717, 1.165) is 37.1 Å². The van der Waals surface area contributed by atoms with E-state index in [1.54, 1.807) is 0 Å². The van der Waals surface area contributed by atoms with Crippen molar-refractivity contribution in [3.8, 4) is 0 Å². The van der Waals surface area contributed by atoms with Gasteiger partial charge in [0.1, 0.15) is 5.72 Å². The number of likely N-dealkylation sites (tertiary alicyclic amines) is 1. The summed E-state index contributed by atoms with van der Waals surface area (Å²) in [6.07, 6.45) is 1.91. The van der Waals surface area contributed by atoms with Gasteiger partial charge in [0.05, 0.1) is 0 Å². The fraction of sp³-hybridized carbons (Fsp3) is 0.625. The number of benzene rings is 1. The van der Waals surface area contributed by atoms with Gasteiger partial charge in [-0.05, 0) is 45.1 Å². The van der Waals surface area contributed by atoms with E-state index in [1.807, 2.05) is 13.0 Å². The second kappa shape index (κ2) is 5.61. The van der Waals surface area contributed by atoms with Gasteiger partial charge in [0.15, 0.2) is 0 Å². The number of aryl methyl sites for hydroxylation is 2. The van der Waals surface area contributed by atoms with Crippen LogP contribution in [0.1, 0.15) is 36.5 Å². The lowest BCUT2D eigenvalue weighted by atomic mass is 9.91. The van der Waals surface area contributed by atoms with Crippen LogP contribution in [-0.4, -0.2) is 34.8 Å². The van der Waals surface area contributed by atoms with Crippen molar-refractivity contribution in [2.24, 2.45) is 5.92 Å². The summed E-state index contributed by atoms with van der Waals surface area (Å²) in [7, 11) is 0. The quantitative estimate of drug-likeness (QED) is 0.878. The Kier molecular flexibility index (Phi) is 4.29. The largest absolute Gasteiger partial charge is 0.396 e. The van der Waals surface area contributed by atoms with E-state index in [2.05, 4.69) is 30.9 Å². The van der Waals surface area contributed by atoms with Gasteiger partial charge in [-0.15, -0.1) is 0 Å². The summed E-state index contributed by atoms with van der Waals surface area (Å²) < 4.78 is 0. The number of nitrogens with zero attached hydrogens (tertiary/aromatic N) is 1. The van der Waals surface area contributed by atoms with E-state index in [-0.39, 0.29) is 6.61 Å². The molecule has 0 spiro atoms. The Morgan fingerprint density at radius 2 is 1.89 bits per heavy atom. The summed E-state index contributed by atoms with van der Waals surface area (Å²) in [4.78, 5) is 2.12. The predicted octanol–water partition coefficient (Wildman–Crippen LogP) is 2.17. The summed E-state index contributed by atoms with van der Waals surface area (Å²) in [6, 6.07) is 6.20. The van der Waals surface area contributed by atoms with Gasteiger partial charge in [0, 0.05) is 25.3 Å². The van der Waals surface area contributed by atoms with E-state index in [4.69, 9.17) is 0 Å². The number of rotatable bonds is 3. The molecule has 0 saturated carbocycles. The van der Waals surface area contributed by atoms with Gasteiger partial charge in [0.2, 0.25) is 0 Å². The van der Waals surface area contributed by atoms with Crippen LogP contribution >= 0.6 is 0 Å². The van der Waals surface area contributed by atoms with Crippen LogP contribution in [0.15, 0.2) is 18.2 Å². The van der Waals surface area contributed by atoms with Crippen LogP contribution in [0.25, 0.3) is 0 Å². The molecular formula is C16H25NO2. The molecule has 19 heavy (non-hydrogen) atoms. The normalized spacial score (nSPS) is 21.3. The highest BCUT2D eigenvalue weighted by Gasteiger charge is 2.34. The van der Waals surface area contributed by atoms with Gasteiger partial charge in [-0.25, -0.2) is 0 Å². The lowest BCUT2D eigenvalue weighted by molar-refractivity contribution is -0.116. The Hall–Kier alpha value is -0.900. The first-order valence-electron chi connectivity index (χ1n) is 7.11. The molecule has 1 heterocycles. The molecule has 0 radical (unpaired) electrons. The van der Waals surface area contributed by atoms with Crippen LogP contribution < -0.4 is 0 Å². The van der Waals surface area contributed by atoms with Gasteiger partial charge >= 0.3 is 0 Å². The number of aliphatic hydroxyl groups excluding tert-OH is 1. The average molecular weight is 263 g/mol. The van der Waals surface area contributed by atoms with Crippen molar-refractivity contribution in [3.05, 3.63) is 34.9 Å². The SMILES string of the molecule is Cc1ccc(C(C)(O)N2CCC(CO)CC2)c(C)c1. The van der Waals surface area contributed by atoms with Crippen molar-refractivity contribution in [1.29, 1.82) is 0 Å². The zero-order valence-electron chi connectivity index (χ0n) is 12.2. The molecule has 106 valence electrons. The smallest absolute Gasteiger partial charge is 0.142 e. The zero-order chi connectivity index (χ0) is 14.0. The second-order valence-electron chi connectivity index (χ2n) is 5.95.